The Morgan fingerprint density at radius 3 is 2.46 bits per heavy atom. The summed E-state index contributed by atoms with van der Waals surface area (Å²) < 4.78 is 12.2. The number of benzene rings is 1. The van der Waals surface area contributed by atoms with E-state index < -0.39 is 0 Å². The molecule has 3 aromatic rings. The van der Waals surface area contributed by atoms with Crippen molar-refractivity contribution in [2.24, 2.45) is 0 Å². The maximum atomic E-state index is 11.8. The molecule has 2 heterocycles. The van der Waals surface area contributed by atoms with Crippen molar-refractivity contribution in [3.05, 3.63) is 54.4 Å². The largest absolute Gasteiger partial charge is 0.497 e. The third kappa shape index (κ3) is 5.44. The number of hydrogen-bond donors (Lipinski definition) is 2. The minimum atomic E-state index is -0.201. The van der Waals surface area contributed by atoms with Gasteiger partial charge >= 0.3 is 0 Å². The first-order chi connectivity index (χ1) is 13.6. The summed E-state index contributed by atoms with van der Waals surface area (Å²) >= 11 is 0. The Morgan fingerprint density at radius 1 is 1.04 bits per heavy atom. The first kappa shape index (κ1) is 19.2. The number of hydrogen-bond acceptors (Lipinski definition) is 7. The van der Waals surface area contributed by atoms with Crippen LogP contribution in [0.2, 0.25) is 0 Å². The van der Waals surface area contributed by atoms with Crippen LogP contribution in [0.15, 0.2) is 48.7 Å². The van der Waals surface area contributed by atoms with Crippen LogP contribution >= 0.6 is 0 Å². The van der Waals surface area contributed by atoms with E-state index in [2.05, 4.69) is 25.9 Å². The van der Waals surface area contributed by atoms with Crippen molar-refractivity contribution >= 4 is 11.7 Å². The van der Waals surface area contributed by atoms with E-state index in [1.165, 1.54) is 0 Å². The fourth-order valence-corrected chi connectivity index (χ4v) is 2.35. The summed E-state index contributed by atoms with van der Waals surface area (Å²) in [5.41, 5.74) is 0.913. The highest BCUT2D eigenvalue weighted by Gasteiger charge is 2.04. The van der Waals surface area contributed by atoms with E-state index in [4.69, 9.17) is 9.47 Å². The zero-order chi connectivity index (χ0) is 19.8. The normalized spacial score (nSPS) is 10.4. The van der Waals surface area contributed by atoms with Crippen LogP contribution in [0.25, 0.3) is 5.82 Å². The van der Waals surface area contributed by atoms with Gasteiger partial charge in [0, 0.05) is 19.3 Å². The van der Waals surface area contributed by atoms with Gasteiger partial charge in [-0.05, 0) is 49.4 Å². The fourth-order valence-electron chi connectivity index (χ4n) is 2.35. The van der Waals surface area contributed by atoms with Crippen LogP contribution in [0.3, 0.4) is 0 Å². The summed E-state index contributed by atoms with van der Waals surface area (Å²) in [4.78, 5) is 11.8. The SMILES string of the molecule is COc1ccc(OCC(=O)NCCNc2ccc(-n3ccc(C)n3)nn2)cc1. The molecule has 1 amide bonds. The van der Waals surface area contributed by atoms with Gasteiger partial charge in [-0.3, -0.25) is 4.79 Å². The molecule has 0 atom stereocenters. The number of nitrogens with one attached hydrogen (secondary N) is 2. The van der Waals surface area contributed by atoms with E-state index in [1.807, 2.05) is 31.3 Å². The molecule has 2 N–H and O–H groups in total. The zero-order valence-corrected chi connectivity index (χ0v) is 15.8. The van der Waals surface area contributed by atoms with Crippen LogP contribution < -0.4 is 20.1 Å². The van der Waals surface area contributed by atoms with E-state index in [0.717, 1.165) is 11.4 Å². The molecule has 0 radical (unpaired) electrons. The lowest BCUT2D eigenvalue weighted by atomic mass is 10.3. The minimum absolute atomic E-state index is 0.0515. The van der Waals surface area contributed by atoms with Crippen molar-refractivity contribution in [3.8, 4) is 17.3 Å². The molecule has 0 saturated heterocycles. The lowest BCUT2D eigenvalue weighted by Crippen LogP contribution is -2.32. The molecule has 0 saturated carbocycles. The predicted octanol–water partition coefficient (Wildman–Crippen LogP) is 1.59. The number of ether oxygens (including phenoxy) is 2. The number of aryl methyl sites for hydroxylation is 1. The van der Waals surface area contributed by atoms with Crippen LogP contribution in [0.4, 0.5) is 5.82 Å². The van der Waals surface area contributed by atoms with Gasteiger partial charge in [0.2, 0.25) is 0 Å². The summed E-state index contributed by atoms with van der Waals surface area (Å²) in [5, 5.41) is 18.4. The minimum Gasteiger partial charge on any atom is -0.497 e. The number of methoxy groups -OCH3 is 1. The monoisotopic (exact) mass is 382 g/mol. The highest BCUT2D eigenvalue weighted by atomic mass is 16.5. The van der Waals surface area contributed by atoms with E-state index in [1.54, 1.807) is 36.1 Å². The first-order valence-electron chi connectivity index (χ1n) is 8.78. The van der Waals surface area contributed by atoms with Gasteiger partial charge in [0.25, 0.3) is 5.91 Å². The number of carbonyl (C=O) groups is 1. The Kier molecular flexibility index (Phi) is 6.40. The molecule has 0 bridgehead atoms. The topological polar surface area (TPSA) is 103 Å². The van der Waals surface area contributed by atoms with Gasteiger partial charge in [0.1, 0.15) is 17.3 Å². The van der Waals surface area contributed by atoms with Gasteiger partial charge in [0.05, 0.1) is 12.8 Å². The number of amides is 1. The average molecular weight is 382 g/mol. The number of anilines is 1. The van der Waals surface area contributed by atoms with Gasteiger partial charge < -0.3 is 20.1 Å². The fraction of sp³-hybridized carbons (Fsp3) is 0.263. The molecular weight excluding hydrogens is 360 g/mol. The van der Waals surface area contributed by atoms with Gasteiger partial charge in [-0.2, -0.15) is 5.10 Å². The molecule has 9 nitrogen and oxygen atoms in total. The Hall–Kier alpha value is -3.62. The summed E-state index contributed by atoms with van der Waals surface area (Å²) in [6, 6.07) is 12.6. The van der Waals surface area contributed by atoms with E-state index in [9.17, 15) is 4.79 Å². The van der Waals surface area contributed by atoms with Crippen molar-refractivity contribution in [2.45, 2.75) is 6.92 Å². The molecular formula is C19H22N6O3. The highest BCUT2D eigenvalue weighted by Crippen LogP contribution is 2.16. The number of rotatable bonds is 9. The standard InChI is InChI=1S/C19H22N6O3/c1-14-9-12-25(24-14)18-8-7-17(22-23-18)20-10-11-21-19(26)13-28-16-5-3-15(27-2)4-6-16/h3-9,12H,10-11,13H2,1-2H3,(H,20,22)(H,21,26). The molecule has 2 aromatic heterocycles. The summed E-state index contributed by atoms with van der Waals surface area (Å²) in [7, 11) is 1.59. The second kappa shape index (κ2) is 9.36. The first-order valence-corrected chi connectivity index (χ1v) is 8.78. The molecule has 0 fully saturated rings. The van der Waals surface area contributed by atoms with Crippen molar-refractivity contribution in [1.29, 1.82) is 0 Å². The lowest BCUT2D eigenvalue weighted by molar-refractivity contribution is -0.123. The molecule has 9 heteroatoms. The highest BCUT2D eigenvalue weighted by molar-refractivity contribution is 5.77. The Bertz CT molecular complexity index is 893. The van der Waals surface area contributed by atoms with Crippen molar-refractivity contribution in [2.75, 3.05) is 32.1 Å². The van der Waals surface area contributed by atoms with Gasteiger partial charge in [-0.1, -0.05) is 0 Å². The molecule has 146 valence electrons. The van der Waals surface area contributed by atoms with E-state index >= 15 is 0 Å². The van der Waals surface area contributed by atoms with Crippen LogP contribution in [0.5, 0.6) is 11.5 Å². The Labute approximate surface area is 162 Å². The number of aromatic nitrogens is 4. The molecule has 28 heavy (non-hydrogen) atoms. The molecule has 0 spiro atoms. The Morgan fingerprint density at radius 2 is 1.82 bits per heavy atom. The molecule has 0 aliphatic rings. The molecule has 1 aromatic carbocycles. The third-order valence-corrected chi connectivity index (χ3v) is 3.79. The van der Waals surface area contributed by atoms with Crippen molar-refractivity contribution in [1.82, 2.24) is 25.3 Å². The van der Waals surface area contributed by atoms with Crippen LogP contribution in [0.1, 0.15) is 5.69 Å². The maximum Gasteiger partial charge on any atom is 0.258 e. The summed E-state index contributed by atoms with van der Waals surface area (Å²) in [6.07, 6.45) is 1.83. The van der Waals surface area contributed by atoms with E-state index in [-0.39, 0.29) is 12.5 Å². The average Bonchev–Trinajstić information content (AvgIpc) is 3.17. The van der Waals surface area contributed by atoms with E-state index in [0.29, 0.717) is 30.5 Å². The molecule has 0 aliphatic carbocycles. The van der Waals surface area contributed by atoms with Crippen molar-refractivity contribution in [3.63, 3.8) is 0 Å². The second-order valence-electron chi connectivity index (χ2n) is 5.92. The van der Waals surface area contributed by atoms with Gasteiger partial charge in [-0.15, -0.1) is 10.2 Å². The smallest absolute Gasteiger partial charge is 0.258 e. The zero-order valence-electron chi connectivity index (χ0n) is 15.8. The molecule has 3 rings (SSSR count). The maximum absolute atomic E-state index is 11.8. The lowest BCUT2D eigenvalue weighted by Gasteiger charge is -2.09. The van der Waals surface area contributed by atoms with Crippen LogP contribution in [-0.4, -0.2) is 52.7 Å². The predicted molar refractivity (Wildman–Crippen MR) is 104 cm³/mol. The molecule has 0 unspecified atom stereocenters. The van der Waals surface area contributed by atoms with Gasteiger partial charge in [0.15, 0.2) is 12.4 Å². The summed E-state index contributed by atoms with van der Waals surface area (Å²) in [5.74, 6) is 2.41. The quantitative estimate of drug-likeness (QED) is 0.542. The summed E-state index contributed by atoms with van der Waals surface area (Å²) in [6.45, 7) is 2.82. The number of nitrogens with zero attached hydrogens (tertiary/aromatic N) is 4. The second-order valence-corrected chi connectivity index (χ2v) is 5.92. The van der Waals surface area contributed by atoms with Crippen LogP contribution in [-0.2, 0) is 4.79 Å². The molecule has 0 aliphatic heterocycles. The Balaban J connectivity index is 1.35. The van der Waals surface area contributed by atoms with Crippen molar-refractivity contribution < 1.29 is 14.3 Å². The van der Waals surface area contributed by atoms with Crippen LogP contribution in [0, 0.1) is 6.92 Å². The third-order valence-electron chi connectivity index (χ3n) is 3.79. The number of carbonyl (C=O) groups excluding carboxylic acids is 1. The van der Waals surface area contributed by atoms with Gasteiger partial charge in [-0.25, -0.2) is 4.68 Å².